The van der Waals surface area contributed by atoms with Gasteiger partial charge < -0.3 is 10.6 Å². The van der Waals surface area contributed by atoms with Crippen molar-refractivity contribution < 1.29 is 14.0 Å². The zero-order valence-corrected chi connectivity index (χ0v) is 15.9. The molecule has 2 rings (SSSR count). The van der Waals surface area contributed by atoms with Gasteiger partial charge in [-0.1, -0.05) is 35.3 Å². The minimum Gasteiger partial charge on any atom is -0.355 e. The normalized spacial score (nSPS) is 11.1. The van der Waals surface area contributed by atoms with Gasteiger partial charge in [0.1, 0.15) is 11.2 Å². The number of benzene rings is 2. The highest BCUT2D eigenvalue weighted by molar-refractivity contribution is 6.35. The van der Waals surface area contributed by atoms with E-state index in [-0.39, 0.29) is 5.82 Å². The first-order valence-electron chi connectivity index (χ1n) is 7.99. The predicted octanol–water partition coefficient (Wildman–Crippen LogP) is 4.46. The molecular weight excluding hydrogens is 378 g/mol. The Labute approximate surface area is 161 Å². The van der Waals surface area contributed by atoms with Gasteiger partial charge in [-0.15, -0.1) is 0 Å². The number of amides is 2. The summed E-state index contributed by atoms with van der Waals surface area (Å²) in [7, 11) is 0. The van der Waals surface area contributed by atoms with Crippen molar-refractivity contribution >= 4 is 40.7 Å². The van der Waals surface area contributed by atoms with Crippen LogP contribution < -0.4 is 10.6 Å². The molecule has 2 aromatic carbocycles. The third-order valence-electron chi connectivity index (χ3n) is 3.92. The van der Waals surface area contributed by atoms with Crippen molar-refractivity contribution in [2.24, 2.45) is 5.41 Å². The molecule has 0 heterocycles. The fourth-order valence-electron chi connectivity index (χ4n) is 2.17. The van der Waals surface area contributed by atoms with Gasteiger partial charge in [-0.25, -0.2) is 4.39 Å². The van der Waals surface area contributed by atoms with Gasteiger partial charge in [0.15, 0.2) is 0 Å². The van der Waals surface area contributed by atoms with Gasteiger partial charge in [-0.2, -0.15) is 0 Å². The van der Waals surface area contributed by atoms with Gasteiger partial charge in [0.2, 0.25) is 11.8 Å². The molecule has 2 N–H and O–H groups in total. The first-order valence-corrected chi connectivity index (χ1v) is 8.75. The zero-order chi connectivity index (χ0) is 19.3. The van der Waals surface area contributed by atoms with Gasteiger partial charge in [-0.05, 0) is 56.2 Å². The zero-order valence-electron chi connectivity index (χ0n) is 14.4. The summed E-state index contributed by atoms with van der Waals surface area (Å²) in [5, 5.41) is 6.11. The summed E-state index contributed by atoms with van der Waals surface area (Å²) in [4.78, 5) is 24.9. The molecule has 4 nitrogen and oxygen atoms in total. The summed E-state index contributed by atoms with van der Waals surface area (Å²) in [6, 6.07) is 10.7. The fourth-order valence-corrected chi connectivity index (χ4v) is 2.50. The molecule has 0 unspecified atom stereocenters. The van der Waals surface area contributed by atoms with Gasteiger partial charge >= 0.3 is 0 Å². The molecule has 0 fully saturated rings. The Bertz CT molecular complexity index is 808. The molecule has 138 valence electrons. The van der Waals surface area contributed by atoms with Crippen LogP contribution in [0, 0.1) is 11.2 Å². The molecule has 2 amide bonds. The second-order valence-corrected chi connectivity index (χ2v) is 7.18. The lowest BCUT2D eigenvalue weighted by atomic mass is 9.91. The third-order valence-corrected chi connectivity index (χ3v) is 4.49. The monoisotopic (exact) mass is 396 g/mol. The van der Waals surface area contributed by atoms with E-state index < -0.39 is 17.2 Å². The van der Waals surface area contributed by atoms with Crippen molar-refractivity contribution in [3.05, 3.63) is 63.9 Å². The summed E-state index contributed by atoms with van der Waals surface area (Å²) in [5.41, 5.74) is -0.0786. The van der Waals surface area contributed by atoms with Crippen molar-refractivity contribution in [2.45, 2.75) is 20.3 Å². The summed E-state index contributed by atoms with van der Waals surface area (Å²) in [6.45, 7) is 3.38. The Morgan fingerprint density at radius 3 is 2.35 bits per heavy atom. The van der Waals surface area contributed by atoms with E-state index >= 15 is 0 Å². The predicted molar refractivity (Wildman–Crippen MR) is 102 cm³/mol. The largest absolute Gasteiger partial charge is 0.355 e. The van der Waals surface area contributed by atoms with E-state index in [0.29, 0.717) is 28.7 Å². The molecule has 7 heteroatoms. The molecule has 0 aliphatic carbocycles. The summed E-state index contributed by atoms with van der Waals surface area (Å²) in [6.07, 6.45) is 0.532. The molecule has 26 heavy (non-hydrogen) atoms. The van der Waals surface area contributed by atoms with Crippen LogP contribution in [-0.4, -0.2) is 18.4 Å². The van der Waals surface area contributed by atoms with Crippen LogP contribution in [-0.2, 0) is 16.0 Å². The molecule has 0 aliphatic rings. The lowest BCUT2D eigenvalue weighted by Gasteiger charge is -2.23. The van der Waals surface area contributed by atoms with Crippen molar-refractivity contribution in [3.8, 4) is 0 Å². The molecule has 0 aromatic heterocycles. The highest BCUT2D eigenvalue weighted by atomic mass is 35.5. The first kappa shape index (κ1) is 20.2. The second-order valence-electron chi connectivity index (χ2n) is 6.34. The van der Waals surface area contributed by atoms with Crippen LogP contribution in [0.5, 0.6) is 0 Å². The Kier molecular flexibility index (Phi) is 6.62. The van der Waals surface area contributed by atoms with E-state index in [9.17, 15) is 14.0 Å². The van der Waals surface area contributed by atoms with Crippen molar-refractivity contribution in [1.29, 1.82) is 0 Å². The second kappa shape index (κ2) is 8.52. The number of hydrogen-bond acceptors (Lipinski definition) is 2. The van der Waals surface area contributed by atoms with Gasteiger partial charge in [-0.3, -0.25) is 9.59 Å². The smallest absolute Gasteiger partial charge is 0.239 e. The van der Waals surface area contributed by atoms with Gasteiger partial charge in [0.25, 0.3) is 0 Å². The average molecular weight is 397 g/mol. The van der Waals surface area contributed by atoms with Crippen LogP contribution in [0.25, 0.3) is 0 Å². The van der Waals surface area contributed by atoms with Crippen LogP contribution in [0.4, 0.5) is 10.1 Å². The van der Waals surface area contributed by atoms with Gasteiger partial charge in [0.05, 0.1) is 10.7 Å². The molecule has 2 aromatic rings. The SMILES string of the molecule is CC(C)(C(=O)NCCc1ccc(F)cc1)C(=O)Nc1cc(Cl)ccc1Cl. The molecule has 0 spiro atoms. The number of carbonyl (C=O) groups is 2. The maximum Gasteiger partial charge on any atom is 0.239 e. The van der Waals surface area contributed by atoms with E-state index in [1.54, 1.807) is 24.3 Å². The van der Waals surface area contributed by atoms with Crippen LogP contribution >= 0.6 is 23.2 Å². The third kappa shape index (κ3) is 5.19. The number of nitrogens with one attached hydrogen (secondary N) is 2. The highest BCUT2D eigenvalue weighted by Crippen LogP contribution is 2.27. The first-order chi connectivity index (χ1) is 12.2. The van der Waals surface area contributed by atoms with E-state index in [4.69, 9.17) is 23.2 Å². The lowest BCUT2D eigenvalue weighted by Crippen LogP contribution is -2.45. The maximum atomic E-state index is 12.9. The number of carbonyl (C=O) groups excluding carboxylic acids is 2. The molecule has 0 atom stereocenters. The number of rotatable bonds is 6. The molecule has 0 saturated heterocycles. The number of halogens is 3. The Balaban J connectivity index is 1.94. The minimum atomic E-state index is -1.31. The van der Waals surface area contributed by atoms with E-state index in [0.717, 1.165) is 5.56 Å². The minimum absolute atomic E-state index is 0.310. The molecular formula is C19H19Cl2FN2O2. The van der Waals surface area contributed by atoms with Gasteiger partial charge in [0, 0.05) is 11.6 Å². The maximum absolute atomic E-state index is 12.9. The average Bonchev–Trinajstić information content (AvgIpc) is 2.59. The summed E-state index contributed by atoms with van der Waals surface area (Å²) < 4.78 is 12.9. The van der Waals surface area contributed by atoms with Crippen LogP contribution in [0.3, 0.4) is 0 Å². The highest BCUT2D eigenvalue weighted by Gasteiger charge is 2.36. The lowest BCUT2D eigenvalue weighted by molar-refractivity contribution is -0.138. The molecule has 0 saturated carbocycles. The summed E-state index contributed by atoms with van der Waals surface area (Å²) >= 11 is 11.9. The van der Waals surface area contributed by atoms with Crippen LogP contribution in [0.2, 0.25) is 10.0 Å². The van der Waals surface area contributed by atoms with Crippen LogP contribution in [0.1, 0.15) is 19.4 Å². The number of anilines is 1. The quantitative estimate of drug-likeness (QED) is 0.708. The standard InChI is InChI=1S/C19H19Cl2FN2O2/c1-19(2,18(26)24-16-11-13(20)5-8-15(16)21)17(25)23-10-9-12-3-6-14(22)7-4-12/h3-8,11H,9-10H2,1-2H3,(H,23,25)(H,24,26). The Hall–Kier alpha value is -2.11. The Morgan fingerprint density at radius 2 is 1.69 bits per heavy atom. The number of hydrogen-bond donors (Lipinski definition) is 2. The topological polar surface area (TPSA) is 58.2 Å². The Morgan fingerprint density at radius 1 is 1.04 bits per heavy atom. The summed E-state index contributed by atoms with van der Waals surface area (Å²) in [5.74, 6) is -1.23. The van der Waals surface area contributed by atoms with Crippen molar-refractivity contribution in [2.75, 3.05) is 11.9 Å². The molecule has 0 radical (unpaired) electrons. The van der Waals surface area contributed by atoms with Crippen molar-refractivity contribution in [1.82, 2.24) is 5.32 Å². The fraction of sp³-hybridized carbons (Fsp3) is 0.263. The van der Waals surface area contributed by atoms with Crippen LogP contribution in [0.15, 0.2) is 42.5 Å². The molecule has 0 bridgehead atoms. The molecule has 0 aliphatic heterocycles. The van der Waals surface area contributed by atoms with E-state index in [1.807, 2.05) is 0 Å². The van der Waals surface area contributed by atoms with E-state index in [2.05, 4.69) is 10.6 Å². The van der Waals surface area contributed by atoms with E-state index in [1.165, 1.54) is 32.0 Å². The van der Waals surface area contributed by atoms with Crippen molar-refractivity contribution in [3.63, 3.8) is 0 Å².